The summed E-state index contributed by atoms with van der Waals surface area (Å²) in [4.78, 5) is 48.0. The molecule has 3 amide bonds. The molecule has 4 rings (SSSR count). The molecule has 0 aromatic heterocycles. The molecular formula is C29H45N3O4S. The predicted molar refractivity (Wildman–Crippen MR) is 148 cm³/mol. The fourth-order valence-electron chi connectivity index (χ4n) is 7.47. The normalized spacial score (nSPS) is 32.6. The zero-order valence-electron chi connectivity index (χ0n) is 22.8. The van der Waals surface area contributed by atoms with Gasteiger partial charge in [0.25, 0.3) is 0 Å². The van der Waals surface area contributed by atoms with Crippen LogP contribution in [0.5, 0.6) is 0 Å². The molecule has 1 aliphatic carbocycles. The minimum Gasteiger partial charge on any atom is -0.394 e. The summed E-state index contributed by atoms with van der Waals surface area (Å²) >= 11 is 1.70. The van der Waals surface area contributed by atoms with E-state index in [1.165, 1.54) is 6.42 Å². The molecule has 3 saturated heterocycles. The van der Waals surface area contributed by atoms with E-state index < -0.39 is 28.7 Å². The molecule has 206 valence electrons. The third-order valence-electron chi connectivity index (χ3n) is 9.51. The van der Waals surface area contributed by atoms with Gasteiger partial charge in [-0.15, -0.1) is 24.9 Å². The molecule has 2 unspecified atom stereocenters. The third kappa shape index (κ3) is 4.66. The molecule has 3 heterocycles. The minimum atomic E-state index is -0.671. The van der Waals surface area contributed by atoms with Crippen LogP contribution in [-0.4, -0.2) is 92.4 Å². The molecule has 8 heteroatoms. The molecule has 0 aromatic carbocycles. The first-order valence-corrected chi connectivity index (χ1v) is 15.0. The first-order valence-electron chi connectivity index (χ1n) is 14.1. The highest BCUT2D eigenvalue weighted by Crippen LogP contribution is 2.67. The quantitative estimate of drug-likeness (QED) is 0.413. The summed E-state index contributed by atoms with van der Waals surface area (Å²) in [5.41, 5.74) is 0. The summed E-state index contributed by atoms with van der Waals surface area (Å²) in [7, 11) is 1.76. The molecule has 3 aliphatic heterocycles. The Morgan fingerprint density at radius 2 is 1.84 bits per heavy atom. The van der Waals surface area contributed by atoms with E-state index in [0.717, 1.165) is 44.9 Å². The van der Waals surface area contributed by atoms with Crippen molar-refractivity contribution >= 4 is 29.5 Å². The second kappa shape index (κ2) is 11.5. The number of nitrogens with zero attached hydrogens (tertiary/aromatic N) is 3. The number of aliphatic hydroxyl groups is 1. The van der Waals surface area contributed by atoms with Crippen LogP contribution in [0.2, 0.25) is 0 Å². The number of hydrogen-bond acceptors (Lipinski definition) is 5. The monoisotopic (exact) mass is 531 g/mol. The zero-order valence-corrected chi connectivity index (χ0v) is 23.6. The van der Waals surface area contributed by atoms with Gasteiger partial charge in [-0.25, -0.2) is 0 Å². The maximum Gasteiger partial charge on any atom is 0.247 e. The van der Waals surface area contributed by atoms with Crippen molar-refractivity contribution < 1.29 is 19.5 Å². The van der Waals surface area contributed by atoms with Crippen LogP contribution in [0, 0.1) is 17.8 Å². The van der Waals surface area contributed by atoms with Gasteiger partial charge in [0.05, 0.1) is 29.2 Å². The molecule has 37 heavy (non-hydrogen) atoms. The predicted octanol–water partition coefficient (Wildman–Crippen LogP) is 3.48. The van der Waals surface area contributed by atoms with Crippen molar-refractivity contribution in [2.75, 3.05) is 26.7 Å². The lowest BCUT2D eigenvalue weighted by Crippen LogP contribution is -2.60. The van der Waals surface area contributed by atoms with Crippen molar-refractivity contribution in [1.82, 2.24) is 14.7 Å². The first kappa shape index (κ1) is 28.2. The van der Waals surface area contributed by atoms with Gasteiger partial charge in [-0.1, -0.05) is 51.7 Å². The summed E-state index contributed by atoms with van der Waals surface area (Å²) in [5.74, 6) is -1.15. The molecule has 0 radical (unpaired) electrons. The van der Waals surface area contributed by atoms with Gasteiger partial charge in [-0.3, -0.25) is 14.4 Å². The third-order valence-corrected chi connectivity index (χ3v) is 11.5. The number of carbonyl (C=O) groups is 3. The highest BCUT2D eigenvalue weighted by Gasteiger charge is 2.74. The lowest BCUT2D eigenvalue weighted by atomic mass is 9.70. The second-order valence-electron chi connectivity index (χ2n) is 11.5. The van der Waals surface area contributed by atoms with Gasteiger partial charge in [-0.2, -0.15) is 0 Å². The molecule has 0 aromatic rings. The van der Waals surface area contributed by atoms with Gasteiger partial charge in [0.1, 0.15) is 6.04 Å². The summed E-state index contributed by atoms with van der Waals surface area (Å²) in [6.07, 6.45) is 11.2. The van der Waals surface area contributed by atoms with Crippen molar-refractivity contribution in [3.63, 3.8) is 0 Å². The van der Waals surface area contributed by atoms with E-state index in [0.29, 0.717) is 13.1 Å². The van der Waals surface area contributed by atoms with Gasteiger partial charge in [0.2, 0.25) is 17.7 Å². The Balaban J connectivity index is 1.78. The van der Waals surface area contributed by atoms with Crippen LogP contribution in [0.3, 0.4) is 0 Å². The molecule has 7 nitrogen and oxygen atoms in total. The molecular weight excluding hydrogens is 486 g/mol. The van der Waals surface area contributed by atoms with Gasteiger partial charge in [0.15, 0.2) is 0 Å². The highest BCUT2D eigenvalue weighted by atomic mass is 32.2. The van der Waals surface area contributed by atoms with Crippen molar-refractivity contribution in [2.24, 2.45) is 17.8 Å². The Morgan fingerprint density at radius 3 is 2.43 bits per heavy atom. The van der Waals surface area contributed by atoms with E-state index in [1.54, 1.807) is 40.8 Å². The van der Waals surface area contributed by atoms with Crippen molar-refractivity contribution in [3.8, 4) is 0 Å². The van der Waals surface area contributed by atoms with Gasteiger partial charge < -0.3 is 19.8 Å². The number of amides is 3. The van der Waals surface area contributed by atoms with Crippen LogP contribution < -0.4 is 0 Å². The summed E-state index contributed by atoms with van der Waals surface area (Å²) < 4.78 is -0.636. The minimum absolute atomic E-state index is 0.0231. The number of fused-ring (bicyclic) bond motifs is 1. The van der Waals surface area contributed by atoms with Crippen LogP contribution in [0.1, 0.15) is 65.2 Å². The number of rotatable bonds is 11. The fraction of sp³-hybridized carbons (Fsp3) is 0.759. The van der Waals surface area contributed by atoms with Crippen LogP contribution in [0.15, 0.2) is 25.3 Å². The van der Waals surface area contributed by atoms with E-state index in [1.807, 2.05) is 18.7 Å². The van der Waals surface area contributed by atoms with Crippen LogP contribution in [0.4, 0.5) is 0 Å². The smallest absolute Gasteiger partial charge is 0.247 e. The Hall–Kier alpha value is -1.80. The standard InChI is InChI=1S/C29H45N3O4S/c1-6-16-30(5)26(34)23-22-14-15-29(37-22)24(23)27(35)32(21(18-33)19(4)8-3)25(29)28(36)31(17-7-2)20-12-10-9-11-13-20/h6-7,19-25,33H,1-2,8-18H2,3-5H3/t19-,21-,22-,23+,24-,25?,29?/m0/s1. The maximum absolute atomic E-state index is 14.6. The summed E-state index contributed by atoms with van der Waals surface area (Å²) in [6.45, 7) is 12.5. The Labute approximate surface area is 226 Å². The number of hydrogen-bond donors (Lipinski definition) is 1. The average molecular weight is 532 g/mol. The van der Waals surface area contributed by atoms with Crippen LogP contribution in [0.25, 0.3) is 0 Å². The molecule has 7 atom stereocenters. The second-order valence-corrected chi connectivity index (χ2v) is 13.1. The first-order chi connectivity index (χ1) is 17.8. The zero-order chi connectivity index (χ0) is 26.9. The Kier molecular flexibility index (Phi) is 8.79. The van der Waals surface area contributed by atoms with Crippen molar-refractivity contribution in [2.45, 2.75) is 93.3 Å². The topological polar surface area (TPSA) is 81.2 Å². The molecule has 2 bridgehead atoms. The molecule has 4 fully saturated rings. The van der Waals surface area contributed by atoms with Gasteiger partial charge in [0, 0.05) is 31.4 Å². The largest absolute Gasteiger partial charge is 0.394 e. The van der Waals surface area contributed by atoms with E-state index in [9.17, 15) is 19.5 Å². The van der Waals surface area contributed by atoms with Gasteiger partial charge in [-0.05, 0) is 31.6 Å². The van der Waals surface area contributed by atoms with Crippen molar-refractivity contribution in [1.29, 1.82) is 0 Å². The Morgan fingerprint density at radius 1 is 1.16 bits per heavy atom. The maximum atomic E-state index is 14.6. The summed E-state index contributed by atoms with van der Waals surface area (Å²) in [6, 6.07) is -0.984. The molecule has 1 spiro atoms. The number of aliphatic hydroxyl groups excluding tert-OH is 1. The van der Waals surface area contributed by atoms with Crippen molar-refractivity contribution in [3.05, 3.63) is 25.3 Å². The number of likely N-dealkylation sites (N-methyl/N-ethyl adjacent to an activating group) is 1. The fourth-order valence-corrected chi connectivity index (χ4v) is 9.66. The van der Waals surface area contributed by atoms with Crippen LogP contribution in [-0.2, 0) is 14.4 Å². The van der Waals surface area contributed by atoms with Gasteiger partial charge >= 0.3 is 0 Å². The number of likely N-dealkylation sites (tertiary alicyclic amines) is 1. The lowest BCUT2D eigenvalue weighted by Gasteiger charge is -2.43. The Bertz CT molecular complexity index is 906. The van der Waals surface area contributed by atoms with E-state index in [-0.39, 0.29) is 41.5 Å². The molecule has 1 N–H and O–H groups in total. The number of carbonyl (C=O) groups excluding carboxylic acids is 3. The van der Waals surface area contributed by atoms with E-state index in [4.69, 9.17) is 0 Å². The molecule has 1 saturated carbocycles. The average Bonchev–Trinajstić information content (AvgIpc) is 3.55. The lowest BCUT2D eigenvalue weighted by molar-refractivity contribution is -0.149. The SMILES string of the molecule is C=CCN(C)C(=O)[C@@H]1[C@@H]2CCC3(S2)C(C(=O)N(CC=C)C2CCCCC2)N([C@@H](CO)[C@@H](C)CC)C(=O)[C@H]13. The van der Waals surface area contributed by atoms with E-state index >= 15 is 0 Å². The van der Waals surface area contributed by atoms with Crippen LogP contribution >= 0.6 is 11.8 Å². The summed E-state index contributed by atoms with van der Waals surface area (Å²) in [5, 5.41) is 10.6. The molecule has 4 aliphatic rings. The highest BCUT2D eigenvalue weighted by molar-refractivity contribution is 8.02. The number of thioether (sulfide) groups is 1. The van der Waals surface area contributed by atoms with E-state index in [2.05, 4.69) is 13.2 Å².